The summed E-state index contributed by atoms with van der Waals surface area (Å²) in [6.07, 6.45) is 3.84. The number of aromatic nitrogens is 1. The van der Waals surface area contributed by atoms with Crippen molar-refractivity contribution in [1.29, 1.82) is 0 Å². The van der Waals surface area contributed by atoms with Crippen molar-refractivity contribution in [2.75, 3.05) is 6.66 Å². The predicted molar refractivity (Wildman–Crippen MR) is 86.8 cm³/mol. The van der Waals surface area contributed by atoms with Gasteiger partial charge in [-0.1, -0.05) is 18.2 Å². The molecule has 0 saturated heterocycles. The standard InChI is InChI=1S/C15H17NO6P2/c1-23(18,19)15(24(20,21)22)10-16-7-3-6-14(9-16)13-5-2-4-12(8-13)11-17/h2-9,11,15H,10H2,1H3,(H2-,18,19,20,21,22). The molecular formula is C15H17NO6P2. The van der Waals surface area contributed by atoms with Crippen LogP contribution in [-0.2, 0) is 15.7 Å². The summed E-state index contributed by atoms with van der Waals surface area (Å²) in [4.78, 5) is 41.1. The zero-order valence-corrected chi connectivity index (χ0v) is 14.6. The maximum absolute atomic E-state index is 11.8. The van der Waals surface area contributed by atoms with Crippen molar-refractivity contribution < 1.29 is 33.2 Å². The third-order valence-electron chi connectivity index (χ3n) is 3.52. The van der Waals surface area contributed by atoms with Crippen LogP contribution in [-0.4, -0.2) is 28.1 Å². The first kappa shape index (κ1) is 18.7. The van der Waals surface area contributed by atoms with E-state index in [0.717, 1.165) is 18.5 Å². The largest absolute Gasteiger partial charge is 0.778 e. The topological polar surface area (TPSA) is 119 Å². The predicted octanol–water partition coefficient (Wildman–Crippen LogP) is 1.23. The zero-order chi connectivity index (χ0) is 18.0. The summed E-state index contributed by atoms with van der Waals surface area (Å²) in [6, 6.07) is 10.2. The summed E-state index contributed by atoms with van der Waals surface area (Å²) in [5, 5.41) is -1.79. The Balaban J connectivity index is 2.38. The van der Waals surface area contributed by atoms with Crippen molar-refractivity contribution in [3.8, 4) is 11.1 Å². The number of carbonyl (C=O) groups is 1. The molecule has 0 fully saturated rings. The van der Waals surface area contributed by atoms with Gasteiger partial charge in [0.2, 0.25) is 7.37 Å². The van der Waals surface area contributed by atoms with Crippen molar-refractivity contribution in [3.63, 3.8) is 0 Å². The molecule has 0 aliphatic heterocycles. The van der Waals surface area contributed by atoms with Gasteiger partial charge < -0.3 is 19.2 Å². The highest BCUT2D eigenvalue weighted by Crippen LogP contribution is 2.57. The summed E-state index contributed by atoms with van der Waals surface area (Å²) < 4.78 is 24.6. The van der Waals surface area contributed by atoms with Gasteiger partial charge in [-0.2, -0.15) is 0 Å². The van der Waals surface area contributed by atoms with Crippen molar-refractivity contribution in [3.05, 3.63) is 54.4 Å². The summed E-state index contributed by atoms with van der Waals surface area (Å²) >= 11 is 0. The van der Waals surface area contributed by atoms with E-state index in [0.29, 0.717) is 11.1 Å². The van der Waals surface area contributed by atoms with Crippen LogP contribution in [0.4, 0.5) is 0 Å². The minimum absolute atomic E-state index is 0.358. The lowest BCUT2D eigenvalue weighted by atomic mass is 10.1. The average Bonchev–Trinajstić information content (AvgIpc) is 2.51. The Morgan fingerprint density at radius 1 is 1.21 bits per heavy atom. The lowest BCUT2D eigenvalue weighted by Gasteiger charge is -2.26. The average molecular weight is 369 g/mol. The van der Waals surface area contributed by atoms with Crippen LogP contribution in [0.5, 0.6) is 0 Å². The third-order valence-corrected chi connectivity index (χ3v) is 7.86. The first-order valence-electron chi connectivity index (χ1n) is 6.99. The number of benzene rings is 1. The first-order chi connectivity index (χ1) is 11.1. The second kappa shape index (κ2) is 7.09. The summed E-state index contributed by atoms with van der Waals surface area (Å²) in [5.41, 5.74) is 1.93. The van der Waals surface area contributed by atoms with Crippen molar-refractivity contribution in [2.24, 2.45) is 0 Å². The molecule has 0 aliphatic carbocycles. The second-order valence-corrected chi connectivity index (χ2v) is 10.2. The molecule has 3 atom stereocenters. The van der Waals surface area contributed by atoms with Crippen LogP contribution in [0, 0.1) is 0 Å². The van der Waals surface area contributed by atoms with Gasteiger partial charge in [-0.05, 0) is 17.7 Å². The lowest BCUT2D eigenvalue weighted by molar-refractivity contribution is -0.694. The molecule has 2 rings (SSSR count). The van der Waals surface area contributed by atoms with Gasteiger partial charge in [-0.15, -0.1) is 0 Å². The van der Waals surface area contributed by atoms with E-state index in [1.54, 1.807) is 42.6 Å². The number of hydrogen-bond donors (Lipinski definition) is 2. The Morgan fingerprint density at radius 3 is 2.46 bits per heavy atom. The van der Waals surface area contributed by atoms with E-state index >= 15 is 0 Å². The van der Waals surface area contributed by atoms with Crippen LogP contribution in [0.25, 0.3) is 11.1 Å². The monoisotopic (exact) mass is 369 g/mol. The maximum Gasteiger partial charge on any atom is 0.215 e. The van der Waals surface area contributed by atoms with Crippen LogP contribution in [0.15, 0.2) is 48.8 Å². The molecule has 0 saturated carbocycles. The first-order valence-corrected chi connectivity index (χ1v) is 10.8. The van der Waals surface area contributed by atoms with Gasteiger partial charge in [-0.3, -0.25) is 9.36 Å². The van der Waals surface area contributed by atoms with Crippen LogP contribution in [0.2, 0.25) is 0 Å². The fourth-order valence-electron chi connectivity index (χ4n) is 2.31. The quantitative estimate of drug-likeness (QED) is 0.449. The molecule has 1 aromatic heterocycles. The van der Waals surface area contributed by atoms with E-state index in [4.69, 9.17) is 0 Å². The van der Waals surface area contributed by atoms with Crippen LogP contribution in [0.1, 0.15) is 10.4 Å². The lowest BCUT2D eigenvalue weighted by Crippen LogP contribution is -2.40. The van der Waals surface area contributed by atoms with E-state index in [1.807, 2.05) is 0 Å². The molecule has 3 unspecified atom stereocenters. The van der Waals surface area contributed by atoms with Crippen molar-refractivity contribution >= 4 is 21.3 Å². The molecule has 2 N–H and O–H groups in total. The SMILES string of the molecule is CP(=O)(O)C(C[n+]1cccc(-c2cccc(C=O)c2)c1)P(=O)([O-])O. The Morgan fingerprint density at radius 2 is 1.88 bits per heavy atom. The molecule has 0 amide bonds. The van der Waals surface area contributed by atoms with E-state index < -0.39 is 20.4 Å². The van der Waals surface area contributed by atoms with E-state index in [1.165, 1.54) is 10.8 Å². The molecule has 24 heavy (non-hydrogen) atoms. The Bertz CT molecular complexity index is 819. The van der Waals surface area contributed by atoms with Gasteiger partial charge >= 0.3 is 0 Å². The molecule has 9 heteroatoms. The highest BCUT2D eigenvalue weighted by molar-refractivity contribution is 7.72. The molecule has 7 nitrogen and oxygen atoms in total. The van der Waals surface area contributed by atoms with Gasteiger partial charge in [0.15, 0.2) is 31.9 Å². The maximum atomic E-state index is 11.8. The highest BCUT2D eigenvalue weighted by atomic mass is 31.2. The smallest absolute Gasteiger partial charge is 0.215 e. The Kier molecular flexibility index (Phi) is 5.53. The van der Waals surface area contributed by atoms with Crippen LogP contribution >= 0.6 is 15.0 Å². The third kappa shape index (κ3) is 4.69. The number of nitrogens with zero attached hydrogens (tertiary/aromatic N) is 1. The fourth-order valence-corrected chi connectivity index (χ4v) is 5.36. The fraction of sp³-hybridized carbons (Fsp3) is 0.200. The molecule has 0 radical (unpaired) electrons. The van der Waals surface area contributed by atoms with Gasteiger partial charge in [0.1, 0.15) is 6.29 Å². The van der Waals surface area contributed by atoms with Gasteiger partial charge in [-0.25, -0.2) is 4.57 Å². The van der Waals surface area contributed by atoms with Gasteiger partial charge in [0.25, 0.3) is 0 Å². The molecule has 0 bridgehead atoms. The molecule has 0 aliphatic rings. The van der Waals surface area contributed by atoms with E-state index in [2.05, 4.69) is 0 Å². The minimum atomic E-state index is -4.99. The number of carbonyl (C=O) groups excluding carboxylic acids is 1. The molecule has 1 aromatic carbocycles. The summed E-state index contributed by atoms with van der Waals surface area (Å²) in [7, 11) is -9.05. The number of pyridine rings is 1. The van der Waals surface area contributed by atoms with E-state index in [9.17, 15) is 28.6 Å². The summed E-state index contributed by atoms with van der Waals surface area (Å²) in [5.74, 6) is 0. The Labute approximate surface area is 139 Å². The number of rotatable bonds is 6. The van der Waals surface area contributed by atoms with E-state index in [-0.39, 0.29) is 6.54 Å². The van der Waals surface area contributed by atoms with Gasteiger partial charge in [0, 0.05) is 23.9 Å². The zero-order valence-electron chi connectivity index (χ0n) is 12.8. The number of hydrogen-bond acceptors (Lipinski definition) is 4. The van der Waals surface area contributed by atoms with Crippen molar-refractivity contribution in [2.45, 2.75) is 11.9 Å². The molecule has 0 spiro atoms. The van der Waals surface area contributed by atoms with Crippen LogP contribution < -0.4 is 9.46 Å². The summed E-state index contributed by atoms with van der Waals surface area (Å²) in [6.45, 7) is 0.541. The van der Waals surface area contributed by atoms with Gasteiger partial charge in [0.05, 0.1) is 0 Å². The normalized spacial score (nSPS) is 17.5. The molecule has 2 aromatic rings. The molecular weight excluding hydrogens is 352 g/mol. The minimum Gasteiger partial charge on any atom is -0.778 e. The second-order valence-electron chi connectivity index (χ2n) is 5.52. The highest BCUT2D eigenvalue weighted by Gasteiger charge is 2.37. The number of aldehydes is 1. The van der Waals surface area contributed by atoms with Crippen molar-refractivity contribution in [1.82, 2.24) is 0 Å². The molecule has 1 heterocycles. The van der Waals surface area contributed by atoms with Crippen LogP contribution in [0.3, 0.4) is 0 Å². The Hall–Kier alpha value is -1.62. The molecule has 128 valence electrons.